The van der Waals surface area contributed by atoms with Crippen LogP contribution in [-0.4, -0.2) is 56.0 Å². The molecule has 0 aliphatic carbocycles. The first kappa shape index (κ1) is 19.3. The van der Waals surface area contributed by atoms with Gasteiger partial charge in [0.25, 0.3) is 0 Å². The van der Waals surface area contributed by atoms with Crippen LogP contribution in [0.2, 0.25) is 0 Å². The summed E-state index contributed by atoms with van der Waals surface area (Å²) in [6.07, 6.45) is 5.69. The highest BCUT2D eigenvalue weighted by molar-refractivity contribution is 7.88. The SMILES string of the molecule is CS(=O)(=O)N1CCC(CC(=O)Nc2ccccc2CN2CCCC2)CC1. The predicted octanol–water partition coefficient (Wildman–Crippen LogP) is 2.28. The number of rotatable bonds is 6. The summed E-state index contributed by atoms with van der Waals surface area (Å²) in [6.45, 7) is 4.16. The van der Waals surface area contributed by atoms with Gasteiger partial charge in [0, 0.05) is 31.7 Å². The molecule has 7 heteroatoms. The lowest BCUT2D eigenvalue weighted by molar-refractivity contribution is -0.117. The molecule has 26 heavy (non-hydrogen) atoms. The minimum atomic E-state index is -3.12. The van der Waals surface area contributed by atoms with Gasteiger partial charge < -0.3 is 5.32 Å². The van der Waals surface area contributed by atoms with Crippen molar-refractivity contribution < 1.29 is 13.2 Å². The van der Waals surface area contributed by atoms with Crippen molar-refractivity contribution in [2.75, 3.05) is 37.8 Å². The Labute approximate surface area is 156 Å². The van der Waals surface area contributed by atoms with Crippen LogP contribution in [0.4, 0.5) is 5.69 Å². The maximum atomic E-state index is 12.5. The summed E-state index contributed by atoms with van der Waals surface area (Å²) in [6, 6.07) is 8.02. The standard InChI is InChI=1S/C19H29N3O3S/c1-26(24,25)22-12-8-16(9-13-22)14-19(23)20-18-7-3-2-6-17(18)15-21-10-4-5-11-21/h2-3,6-7,16H,4-5,8-15H2,1H3,(H,20,23). The quantitative estimate of drug-likeness (QED) is 0.823. The summed E-state index contributed by atoms with van der Waals surface area (Å²) in [5, 5.41) is 3.08. The van der Waals surface area contributed by atoms with Crippen molar-refractivity contribution in [3.8, 4) is 0 Å². The molecule has 0 radical (unpaired) electrons. The van der Waals surface area contributed by atoms with Gasteiger partial charge in [-0.25, -0.2) is 12.7 Å². The second-order valence-electron chi connectivity index (χ2n) is 7.50. The minimum absolute atomic E-state index is 0.0247. The van der Waals surface area contributed by atoms with Crippen molar-refractivity contribution >= 4 is 21.6 Å². The van der Waals surface area contributed by atoms with Crippen LogP contribution in [0.25, 0.3) is 0 Å². The van der Waals surface area contributed by atoms with E-state index in [1.54, 1.807) is 0 Å². The number of hydrogen-bond acceptors (Lipinski definition) is 4. The van der Waals surface area contributed by atoms with Crippen LogP contribution in [0.1, 0.15) is 37.7 Å². The van der Waals surface area contributed by atoms with Gasteiger partial charge in [-0.15, -0.1) is 0 Å². The van der Waals surface area contributed by atoms with E-state index in [-0.39, 0.29) is 11.8 Å². The molecule has 1 aromatic carbocycles. The molecule has 1 aromatic rings. The topological polar surface area (TPSA) is 69.7 Å². The Bertz CT molecular complexity index is 721. The van der Waals surface area contributed by atoms with E-state index in [2.05, 4.69) is 16.3 Å². The van der Waals surface area contributed by atoms with Gasteiger partial charge in [0.1, 0.15) is 0 Å². The molecule has 0 unspecified atom stereocenters. The highest BCUT2D eigenvalue weighted by Crippen LogP contribution is 2.24. The number of carbonyl (C=O) groups excluding carboxylic acids is 1. The summed E-state index contributed by atoms with van der Waals surface area (Å²) in [4.78, 5) is 14.9. The van der Waals surface area contributed by atoms with Crippen molar-refractivity contribution in [2.24, 2.45) is 5.92 Å². The van der Waals surface area contributed by atoms with E-state index in [9.17, 15) is 13.2 Å². The molecule has 144 valence electrons. The molecule has 2 aliphatic rings. The van der Waals surface area contributed by atoms with Gasteiger partial charge in [0.15, 0.2) is 0 Å². The second kappa shape index (κ2) is 8.50. The molecule has 2 aliphatic heterocycles. The molecule has 0 saturated carbocycles. The van der Waals surface area contributed by atoms with Gasteiger partial charge >= 0.3 is 0 Å². The number of nitrogens with zero attached hydrogens (tertiary/aromatic N) is 2. The average molecular weight is 380 g/mol. The molecule has 2 fully saturated rings. The molecule has 2 saturated heterocycles. The molecule has 0 spiro atoms. The third-order valence-corrected chi connectivity index (χ3v) is 6.70. The number of para-hydroxylation sites is 1. The van der Waals surface area contributed by atoms with Crippen molar-refractivity contribution in [2.45, 2.75) is 38.6 Å². The van der Waals surface area contributed by atoms with Crippen molar-refractivity contribution in [3.63, 3.8) is 0 Å². The van der Waals surface area contributed by atoms with Gasteiger partial charge in [0.05, 0.1) is 6.26 Å². The average Bonchev–Trinajstić information content (AvgIpc) is 3.09. The largest absolute Gasteiger partial charge is 0.326 e. The first-order valence-electron chi connectivity index (χ1n) is 9.47. The van der Waals surface area contributed by atoms with Gasteiger partial charge in [-0.05, 0) is 56.3 Å². The molecule has 0 aromatic heterocycles. The molecule has 1 amide bonds. The molecule has 6 nitrogen and oxygen atoms in total. The number of sulfonamides is 1. The van der Waals surface area contributed by atoms with E-state index in [1.165, 1.54) is 23.4 Å². The molecular formula is C19H29N3O3S. The maximum absolute atomic E-state index is 12.5. The summed E-state index contributed by atoms with van der Waals surface area (Å²) in [7, 11) is -3.12. The Morgan fingerprint density at radius 2 is 1.77 bits per heavy atom. The van der Waals surface area contributed by atoms with E-state index in [4.69, 9.17) is 0 Å². The van der Waals surface area contributed by atoms with E-state index < -0.39 is 10.0 Å². The first-order chi connectivity index (χ1) is 12.4. The Kier molecular flexibility index (Phi) is 6.32. The number of piperidine rings is 1. The molecule has 2 heterocycles. The van der Waals surface area contributed by atoms with Crippen LogP contribution < -0.4 is 5.32 Å². The van der Waals surface area contributed by atoms with Crippen LogP contribution in [0, 0.1) is 5.92 Å². The number of nitrogens with one attached hydrogen (secondary N) is 1. The lowest BCUT2D eigenvalue weighted by Gasteiger charge is -2.29. The summed E-state index contributed by atoms with van der Waals surface area (Å²) >= 11 is 0. The maximum Gasteiger partial charge on any atom is 0.224 e. The minimum Gasteiger partial charge on any atom is -0.326 e. The molecule has 1 N–H and O–H groups in total. The number of benzene rings is 1. The monoisotopic (exact) mass is 379 g/mol. The van der Waals surface area contributed by atoms with Crippen LogP contribution in [0.3, 0.4) is 0 Å². The molecular weight excluding hydrogens is 350 g/mol. The normalized spacial score (nSPS) is 20.3. The number of amides is 1. The third-order valence-electron chi connectivity index (χ3n) is 5.40. The van der Waals surface area contributed by atoms with Gasteiger partial charge in [-0.2, -0.15) is 0 Å². The zero-order valence-corrected chi connectivity index (χ0v) is 16.3. The van der Waals surface area contributed by atoms with Gasteiger partial charge in [0.2, 0.25) is 15.9 Å². The van der Waals surface area contributed by atoms with Crippen LogP contribution in [0.5, 0.6) is 0 Å². The first-order valence-corrected chi connectivity index (χ1v) is 11.3. The summed E-state index contributed by atoms with van der Waals surface area (Å²) in [5.41, 5.74) is 2.06. The van der Waals surface area contributed by atoms with E-state index in [0.29, 0.717) is 19.5 Å². The Morgan fingerprint density at radius 3 is 2.42 bits per heavy atom. The van der Waals surface area contributed by atoms with Crippen molar-refractivity contribution in [1.82, 2.24) is 9.21 Å². The Morgan fingerprint density at radius 1 is 1.12 bits per heavy atom. The van der Waals surface area contributed by atoms with E-state index in [0.717, 1.165) is 43.7 Å². The van der Waals surface area contributed by atoms with Crippen molar-refractivity contribution in [1.29, 1.82) is 0 Å². The number of carbonyl (C=O) groups is 1. The predicted molar refractivity (Wildman–Crippen MR) is 103 cm³/mol. The van der Waals surface area contributed by atoms with E-state index >= 15 is 0 Å². The van der Waals surface area contributed by atoms with Crippen LogP contribution in [-0.2, 0) is 21.4 Å². The van der Waals surface area contributed by atoms with Crippen LogP contribution in [0.15, 0.2) is 24.3 Å². The van der Waals surface area contributed by atoms with E-state index in [1.807, 2.05) is 18.2 Å². The molecule has 0 bridgehead atoms. The van der Waals surface area contributed by atoms with Gasteiger partial charge in [-0.3, -0.25) is 9.69 Å². The fraction of sp³-hybridized carbons (Fsp3) is 0.632. The number of anilines is 1. The molecule has 0 atom stereocenters. The third kappa shape index (κ3) is 5.28. The fourth-order valence-corrected chi connectivity index (χ4v) is 4.74. The lowest BCUT2D eigenvalue weighted by atomic mass is 9.94. The van der Waals surface area contributed by atoms with Crippen LogP contribution >= 0.6 is 0 Å². The second-order valence-corrected chi connectivity index (χ2v) is 9.48. The highest BCUT2D eigenvalue weighted by atomic mass is 32.2. The summed E-state index contributed by atoms with van der Waals surface area (Å²) in [5.74, 6) is 0.274. The number of likely N-dealkylation sites (tertiary alicyclic amines) is 1. The zero-order valence-electron chi connectivity index (χ0n) is 15.5. The van der Waals surface area contributed by atoms with Gasteiger partial charge in [-0.1, -0.05) is 18.2 Å². The zero-order chi connectivity index (χ0) is 18.6. The highest BCUT2D eigenvalue weighted by Gasteiger charge is 2.26. The van der Waals surface area contributed by atoms with Crippen molar-refractivity contribution in [3.05, 3.63) is 29.8 Å². The Balaban J connectivity index is 1.52. The fourth-order valence-electron chi connectivity index (χ4n) is 3.87. The smallest absolute Gasteiger partial charge is 0.224 e. The molecule has 3 rings (SSSR count). The lowest BCUT2D eigenvalue weighted by Crippen LogP contribution is -2.38. The Hall–Kier alpha value is -1.44. The number of hydrogen-bond donors (Lipinski definition) is 1. The summed E-state index contributed by atoms with van der Waals surface area (Å²) < 4.78 is 24.7.